The van der Waals surface area contributed by atoms with Gasteiger partial charge >= 0.3 is 11.9 Å². The number of hydrogen-bond donors (Lipinski definition) is 4. The number of aliphatic carboxylic acids is 2. The van der Waals surface area contributed by atoms with E-state index in [0.29, 0.717) is 5.56 Å². The van der Waals surface area contributed by atoms with Gasteiger partial charge in [-0.2, -0.15) is 0 Å². The minimum absolute atomic E-state index is 0.0792. The molecule has 0 aromatic heterocycles. The summed E-state index contributed by atoms with van der Waals surface area (Å²) in [5, 5.41) is 30.7. The number of hydrogen-bond acceptors (Lipinski definition) is 4. The Morgan fingerprint density at radius 3 is 2.19 bits per heavy atom. The first kappa shape index (κ1) is 17.1. The highest BCUT2D eigenvalue weighted by atomic mass is 16.4. The second kappa shape index (κ2) is 8.39. The molecule has 2 atom stereocenters. The lowest BCUT2D eigenvalue weighted by molar-refractivity contribution is -0.138. The van der Waals surface area contributed by atoms with Crippen LogP contribution in [-0.2, 0) is 9.59 Å². The number of aliphatic hydroxyl groups excluding tert-OH is 1. The van der Waals surface area contributed by atoms with Crippen LogP contribution in [0, 0.1) is 6.92 Å². The standard InChI is InChI=1S/C15H21NO5/c1-10-2-4-11(5-3-10)15(21)12(6-7-13(17)18)16-9-8-14(19)20/h2-5,12,15-16,21H,6-9H2,1H3,(H,17,18)(H,19,20). The molecule has 0 saturated heterocycles. The van der Waals surface area contributed by atoms with E-state index in [0.717, 1.165) is 5.56 Å². The largest absolute Gasteiger partial charge is 0.481 e. The number of carboxylic acids is 2. The lowest BCUT2D eigenvalue weighted by atomic mass is 9.97. The summed E-state index contributed by atoms with van der Waals surface area (Å²) in [7, 11) is 0. The van der Waals surface area contributed by atoms with Crippen LogP contribution in [0.4, 0.5) is 0 Å². The van der Waals surface area contributed by atoms with E-state index in [1.54, 1.807) is 12.1 Å². The van der Waals surface area contributed by atoms with E-state index in [2.05, 4.69) is 5.32 Å². The molecule has 1 aromatic carbocycles. The van der Waals surface area contributed by atoms with Gasteiger partial charge in [0.25, 0.3) is 0 Å². The van der Waals surface area contributed by atoms with Gasteiger partial charge in [0.05, 0.1) is 12.5 Å². The van der Waals surface area contributed by atoms with Crippen molar-refractivity contribution in [1.29, 1.82) is 0 Å². The summed E-state index contributed by atoms with van der Waals surface area (Å²) in [6.45, 7) is 2.12. The predicted octanol–water partition coefficient (Wildman–Crippen LogP) is 1.33. The fourth-order valence-corrected chi connectivity index (χ4v) is 2.01. The molecule has 6 heteroatoms. The Morgan fingerprint density at radius 1 is 1.10 bits per heavy atom. The van der Waals surface area contributed by atoms with Crippen molar-refractivity contribution >= 4 is 11.9 Å². The molecule has 0 bridgehead atoms. The van der Waals surface area contributed by atoms with E-state index in [1.807, 2.05) is 19.1 Å². The summed E-state index contributed by atoms with van der Waals surface area (Å²) in [5.74, 6) is -1.89. The monoisotopic (exact) mass is 295 g/mol. The molecule has 0 aliphatic carbocycles. The molecule has 0 aliphatic rings. The van der Waals surface area contributed by atoms with Crippen molar-refractivity contribution in [2.24, 2.45) is 0 Å². The quantitative estimate of drug-likeness (QED) is 0.547. The maximum Gasteiger partial charge on any atom is 0.304 e. The highest BCUT2D eigenvalue weighted by Gasteiger charge is 2.21. The minimum atomic E-state index is -0.948. The topological polar surface area (TPSA) is 107 Å². The molecule has 1 rings (SSSR count). The van der Waals surface area contributed by atoms with E-state index in [9.17, 15) is 14.7 Å². The third kappa shape index (κ3) is 6.37. The molecule has 0 heterocycles. The fourth-order valence-electron chi connectivity index (χ4n) is 2.01. The van der Waals surface area contributed by atoms with E-state index in [-0.39, 0.29) is 25.8 Å². The number of nitrogens with one attached hydrogen (secondary N) is 1. The molecule has 1 aromatic rings. The zero-order valence-electron chi connectivity index (χ0n) is 12.0. The van der Waals surface area contributed by atoms with Crippen LogP contribution in [0.1, 0.15) is 36.5 Å². The number of carboxylic acid groups (broad SMARTS) is 2. The predicted molar refractivity (Wildman–Crippen MR) is 77.1 cm³/mol. The minimum Gasteiger partial charge on any atom is -0.481 e. The van der Waals surface area contributed by atoms with E-state index >= 15 is 0 Å². The molecule has 6 nitrogen and oxygen atoms in total. The molecule has 0 amide bonds. The summed E-state index contributed by atoms with van der Waals surface area (Å²) in [6, 6.07) is 6.80. The van der Waals surface area contributed by atoms with Crippen molar-refractivity contribution in [2.45, 2.75) is 38.3 Å². The Hall–Kier alpha value is -1.92. The van der Waals surface area contributed by atoms with Crippen LogP contribution in [0.25, 0.3) is 0 Å². The average Bonchev–Trinajstić information content (AvgIpc) is 2.42. The molecule has 116 valence electrons. The van der Waals surface area contributed by atoms with E-state index < -0.39 is 24.1 Å². The van der Waals surface area contributed by atoms with Gasteiger partial charge in [0.15, 0.2) is 0 Å². The van der Waals surface area contributed by atoms with Gasteiger partial charge in [0, 0.05) is 19.0 Å². The van der Waals surface area contributed by atoms with Gasteiger partial charge in [-0.1, -0.05) is 29.8 Å². The van der Waals surface area contributed by atoms with Crippen LogP contribution in [0.5, 0.6) is 0 Å². The normalized spacial score (nSPS) is 13.6. The van der Waals surface area contributed by atoms with Crippen molar-refractivity contribution in [3.05, 3.63) is 35.4 Å². The maximum absolute atomic E-state index is 10.7. The molecule has 0 spiro atoms. The Labute approximate surface area is 123 Å². The average molecular weight is 295 g/mol. The van der Waals surface area contributed by atoms with Crippen LogP contribution in [0.2, 0.25) is 0 Å². The Bertz CT molecular complexity index is 471. The summed E-state index contributed by atoms with van der Waals surface area (Å²) >= 11 is 0. The molecule has 0 radical (unpaired) electrons. The first-order valence-corrected chi connectivity index (χ1v) is 6.81. The SMILES string of the molecule is Cc1ccc(C(O)C(CCC(=O)O)NCCC(=O)O)cc1. The fraction of sp³-hybridized carbons (Fsp3) is 0.467. The lowest BCUT2D eigenvalue weighted by Gasteiger charge is -2.24. The third-order valence-electron chi connectivity index (χ3n) is 3.21. The lowest BCUT2D eigenvalue weighted by Crippen LogP contribution is -2.36. The second-order valence-corrected chi connectivity index (χ2v) is 4.99. The number of aryl methyl sites for hydroxylation is 1. The first-order valence-electron chi connectivity index (χ1n) is 6.81. The van der Waals surface area contributed by atoms with E-state index in [1.165, 1.54) is 0 Å². The second-order valence-electron chi connectivity index (χ2n) is 4.99. The van der Waals surface area contributed by atoms with Gasteiger partial charge < -0.3 is 20.6 Å². The Balaban J connectivity index is 2.70. The van der Waals surface area contributed by atoms with Gasteiger partial charge in [-0.3, -0.25) is 9.59 Å². The number of rotatable bonds is 9. The summed E-state index contributed by atoms with van der Waals surface area (Å²) < 4.78 is 0. The molecule has 0 fully saturated rings. The van der Waals surface area contributed by atoms with Crippen molar-refractivity contribution in [2.75, 3.05) is 6.54 Å². The zero-order valence-corrected chi connectivity index (χ0v) is 12.0. The summed E-state index contributed by atoms with van der Waals surface area (Å²) in [6.07, 6.45) is -0.819. The summed E-state index contributed by atoms with van der Waals surface area (Å²) in [5.41, 5.74) is 1.74. The molecule has 2 unspecified atom stereocenters. The van der Waals surface area contributed by atoms with Gasteiger partial charge in [-0.25, -0.2) is 0 Å². The third-order valence-corrected chi connectivity index (χ3v) is 3.21. The van der Waals surface area contributed by atoms with Crippen LogP contribution in [0.15, 0.2) is 24.3 Å². The Morgan fingerprint density at radius 2 is 1.67 bits per heavy atom. The van der Waals surface area contributed by atoms with Crippen LogP contribution in [-0.4, -0.2) is 39.8 Å². The number of benzene rings is 1. The maximum atomic E-state index is 10.7. The van der Waals surface area contributed by atoms with Gasteiger partial charge in [-0.05, 0) is 18.9 Å². The first-order chi connectivity index (χ1) is 9.90. The van der Waals surface area contributed by atoms with Crippen molar-refractivity contribution in [3.63, 3.8) is 0 Å². The Kier molecular flexibility index (Phi) is 6.84. The van der Waals surface area contributed by atoms with E-state index in [4.69, 9.17) is 10.2 Å². The van der Waals surface area contributed by atoms with Crippen LogP contribution >= 0.6 is 0 Å². The molecule has 0 aliphatic heterocycles. The molecular formula is C15H21NO5. The highest BCUT2D eigenvalue weighted by molar-refractivity contribution is 5.67. The van der Waals surface area contributed by atoms with Crippen LogP contribution < -0.4 is 5.32 Å². The molecule has 0 saturated carbocycles. The molecular weight excluding hydrogens is 274 g/mol. The number of aliphatic hydroxyl groups is 1. The van der Waals surface area contributed by atoms with Crippen molar-refractivity contribution in [3.8, 4) is 0 Å². The molecule has 21 heavy (non-hydrogen) atoms. The van der Waals surface area contributed by atoms with Crippen LogP contribution in [0.3, 0.4) is 0 Å². The summed E-state index contributed by atoms with van der Waals surface area (Å²) in [4.78, 5) is 21.2. The molecule has 4 N–H and O–H groups in total. The van der Waals surface area contributed by atoms with Gasteiger partial charge in [0.1, 0.15) is 0 Å². The van der Waals surface area contributed by atoms with Crippen molar-refractivity contribution < 1.29 is 24.9 Å². The van der Waals surface area contributed by atoms with Gasteiger partial charge in [-0.15, -0.1) is 0 Å². The van der Waals surface area contributed by atoms with Crippen molar-refractivity contribution in [1.82, 2.24) is 5.32 Å². The number of carbonyl (C=O) groups is 2. The van der Waals surface area contributed by atoms with Gasteiger partial charge in [0.2, 0.25) is 0 Å². The smallest absolute Gasteiger partial charge is 0.304 e. The highest BCUT2D eigenvalue weighted by Crippen LogP contribution is 2.20. The zero-order chi connectivity index (χ0) is 15.8.